The van der Waals surface area contributed by atoms with Gasteiger partial charge in [-0.05, 0) is 64.2 Å². The van der Waals surface area contributed by atoms with Crippen LogP contribution >= 0.6 is 45.2 Å². The van der Waals surface area contributed by atoms with Crippen LogP contribution in [0.3, 0.4) is 0 Å². The number of phenolic OH excluding ortho intramolecular Hbond substituents is 1. The number of aliphatic hydroxyl groups excluding tert-OH is 1. The lowest BCUT2D eigenvalue weighted by molar-refractivity contribution is 0.0679. The van der Waals surface area contributed by atoms with Gasteiger partial charge in [0.25, 0.3) is 5.91 Å². The van der Waals surface area contributed by atoms with Crippen molar-refractivity contribution in [1.82, 2.24) is 4.90 Å². The summed E-state index contributed by atoms with van der Waals surface area (Å²) in [6.07, 6.45) is 0. The number of halogens is 2. The van der Waals surface area contributed by atoms with Crippen molar-refractivity contribution in [1.29, 1.82) is 0 Å². The van der Waals surface area contributed by atoms with E-state index in [1.807, 2.05) is 22.6 Å². The lowest BCUT2D eigenvalue weighted by Crippen LogP contribution is -2.37. The molecule has 2 N–H and O–H groups in total. The van der Waals surface area contributed by atoms with E-state index in [0.29, 0.717) is 3.57 Å². The summed E-state index contributed by atoms with van der Waals surface area (Å²) in [6, 6.07) is 3.15. The second-order valence-corrected chi connectivity index (χ2v) is 6.14. The van der Waals surface area contributed by atoms with Crippen LogP contribution in [0.2, 0.25) is 0 Å². The molecule has 0 aliphatic rings. The smallest absolute Gasteiger partial charge is 0.257 e. The van der Waals surface area contributed by atoms with E-state index in [-0.39, 0.29) is 29.9 Å². The van der Waals surface area contributed by atoms with E-state index in [1.54, 1.807) is 26.1 Å². The van der Waals surface area contributed by atoms with Crippen LogP contribution in [-0.2, 0) is 0 Å². The number of nitrogens with zero attached hydrogens (tertiary/aromatic N) is 1. The lowest BCUT2D eigenvalue weighted by Gasteiger charge is -2.23. The molecule has 0 bridgehead atoms. The average molecular weight is 461 g/mol. The average Bonchev–Trinajstić information content (AvgIpc) is 2.30. The zero-order valence-corrected chi connectivity index (χ0v) is 13.8. The molecule has 1 rings (SSSR count). The van der Waals surface area contributed by atoms with Crippen LogP contribution in [0.5, 0.6) is 5.75 Å². The number of rotatable bonds is 3. The van der Waals surface area contributed by atoms with Gasteiger partial charge in [0.2, 0.25) is 0 Å². The van der Waals surface area contributed by atoms with Crippen molar-refractivity contribution < 1.29 is 15.0 Å². The molecule has 1 aromatic rings. The fourth-order valence-electron chi connectivity index (χ4n) is 1.24. The first-order valence-electron chi connectivity index (χ1n) is 4.94. The molecule has 1 aromatic carbocycles. The number of benzene rings is 1. The standard InChI is InChI=1S/C11H13I2NO3/c1-6(5-15)14(2)11(17)8-3-7(12)4-9(13)10(8)16/h3-4,6,15-16H,5H2,1-2H3. The summed E-state index contributed by atoms with van der Waals surface area (Å²) in [5.41, 5.74) is 0.268. The number of hydrogen-bond donors (Lipinski definition) is 2. The largest absolute Gasteiger partial charge is 0.506 e. The minimum Gasteiger partial charge on any atom is -0.506 e. The molecule has 0 saturated heterocycles. The highest BCUT2D eigenvalue weighted by atomic mass is 127. The van der Waals surface area contributed by atoms with Gasteiger partial charge in [-0.15, -0.1) is 0 Å². The Morgan fingerprint density at radius 2 is 2.06 bits per heavy atom. The van der Waals surface area contributed by atoms with E-state index in [1.165, 1.54) is 4.90 Å². The highest BCUT2D eigenvalue weighted by molar-refractivity contribution is 14.1. The topological polar surface area (TPSA) is 60.8 Å². The van der Waals surface area contributed by atoms with E-state index in [2.05, 4.69) is 22.6 Å². The van der Waals surface area contributed by atoms with Gasteiger partial charge < -0.3 is 15.1 Å². The van der Waals surface area contributed by atoms with Gasteiger partial charge in [-0.3, -0.25) is 4.79 Å². The van der Waals surface area contributed by atoms with Crippen molar-refractivity contribution in [2.24, 2.45) is 0 Å². The van der Waals surface area contributed by atoms with Gasteiger partial charge in [-0.2, -0.15) is 0 Å². The molecule has 1 unspecified atom stereocenters. The van der Waals surface area contributed by atoms with Crippen molar-refractivity contribution in [3.63, 3.8) is 0 Å². The number of hydrogen-bond acceptors (Lipinski definition) is 3. The molecule has 1 amide bonds. The molecule has 0 saturated carbocycles. The third kappa shape index (κ3) is 3.44. The number of phenols is 1. The molecule has 1 atom stereocenters. The predicted octanol–water partition coefficient (Wildman–Crippen LogP) is 2.05. The summed E-state index contributed by atoms with van der Waals surface area (Å²) in [7, 11) is 1.61. The Bertz CT molecular complexity index is 437. The Morgan fingerprint density at radius 3 is 2.59 bits per heavy atom. The van der Waals surface area contributed by atoms with Gasteiger partial charge in [-0.25, -0.2) is 0 Å². The van der Waals surface area contributed by atoms with Gasteiger partial charge in [-0.1, -0.05) is 0 Å². The Kier molecular flexibility index (Phi) is 5.45. The number of carbonyl (C=O) groups excluding carboxylic acids is 1. The zero-order chi connectivity index (χ0) is 13.2. The minimum absolute atomic E-state index is 0.00648. The van der Waals surface area contributed by atoms with Gasteiger partial charge in [0.15, 0.2) is 0 Å². The molecule has 6 heteroatoms. The molecule has 0 radical (unpaired) electrons. The summed E-state index contributed by atoms with van der Waals surface area (Å²) < 4.78 is 1.53. The normalized spacial score (nSPS) is 12.3. The maximum absolute atomic E-state index is 12.1. The summed E-state index contributed by atoms with van der Waals surface area (Å²) in [4.78, 5) is 13.5. The molecule has 4 nitrogen and oxygen atoms in total. The molecular weight excluding hydrogens is 448 g/mol. The van der Waals surface area contributed by atoms with Crippen LogP contribution in [0.1, 0.15) is 17.3 Å². The quantitative estimate of drug-likeness (QED) is 0.679. The first-order valence-corrected chi connectivity index (χ1v) is 7.10. The van der Waals surface area contributed by atoms with Crippen LogP contribution in [0.15, 0.2) is 12.1 Å². The van der Waals surface area contributed by atoms with E-state index < -0.39 is 0 Å². The Hall–Kier alpha value is -0.0900. The fraction of sp³-hybridized carbons (Fsp3) is 0.364. The molecule has 0 aromatic heterocycles. The summed E-state index contributed by atoms with van der Waals surface area (Å²) in [5.74, 6) is -0.298. The number of aromatic hydroxyl groups is 1. The molecular formula is C11H13I2NO3. The Balaban J connectivity index is 3.12. The maximum atomic E-state index is 12.1. The van der Waals surface area contributed by atoms with Crippen molar-refractivity contribution >= 4 is 51.1 Å². The van der Waals surface area contributed by atoms with Crippen molar-refractivity contribution in [2.75, 3.05) is 13.7 Å². The fourth-order valence-corrected chi connectivity index (χ4v) is 3.09. The SMILES string of the molecule is CC(CO)N(C)C(=O)c1cc(I)cc(I)c1O. The van der Waals surface area contributed by atoms with Crippen LogP contribution in [-0.4, -0.2) is 40.7 Å². The molecule has 0 fully saturated rings. The number of likely N-dealkylation sites (N-methyl/N-ethyl adjacent to an activating group) is 1. The van der Waals surface area contributed by atoms with Crippen molar-refractivity contribution in [3.8, 4) is 5.75 Å². The Morgan fingerprint density at radius 1 is 1.47 bits per heavy atom. The van der Waals surface area contributed by atoms with Gasteiger partial charge in [0.1, 0.15) is 5.75 Å². The lowest BCUT2D eigenvalue weighted by atomic mass is 10.1. The van der Waals surface area contributed by atoms with Crippen LogP contribution in [0.25, 0.3) is 0 Å². The highest BCUT2D eigenvalue weighted by Gasteiger charge is 2.21. The number of aliphatic hydroxyl groups is 1. The van der Waals surface area contributed by atoms with E-state index in [0.717, 1.165) is 3.57 Å². The molecule has 0 spiro atoms. The molecule has 0 heterocycles. The minimum atomic E-state index is -0.291. The highest BCUT2D eigenvalue weighted by Crippen LogP contribution is 2.28. The molecule has 94 valence electrons. The van der Waals surface area contributed by atoms with Crippen LogP contribution in [0.4, 0.5) is 0 Å². The number of amides is 1. The summed E-state index contributed by atoms with van der Waals surface area (Å²) in [5, 5.41) is 18.9. The monoisotopic (exact) mass is 461 g/mol. The first kappa shape index (κ1) is 15.0. The van der Waals surface area contributed by atoms with Crippen molar-refractivity contribution in [3.05, 3.63) is 24.8 Å². The molecule has 0 aliphatic carbocycles. The Labute approximate surface area is 127 Å². The van der Waals surface area contributed by atoms with E-state index in [9.17, 15) is 9.90 Å². The first-order chi connectivity index (χ1) is 7.88. The molecule has 17 heavy (non-hydrogen) atoms. The van der Waals surface area contributed by atoms with Gasteiger partial charge >= 0.3 is 0 Å². The van der Waals surface area contributed by atoms with Gasteiger partial charge in [0, 0.05) is 10.6 Å². The number of carbonyl (C=O) groups is 1. The third-order valence-corrected chi connectivity index (χ3v) is 3.95. The van der Waals surface area contributed by atoms with E-state index in [4.69, 9.17) is 5.11 Å². The maximum Gasteiger partial charge on any atom is 0.257 e. The zero-order valence-electron chi connectivity index (χ0n) is 9.44. The molecule has 0 aliphatic heterocycles. The van der Waals surface area contributed by atoms with E-state index >= 15 is 0 Å². The van der Waals surface area contributed by atoms with Crippen molar-refractivity contribution in [2.45, 2.75) is 13.0 Å². The summed E-state index contributed by atoms with van der Waals surface area (Å²) in [6.45, 7) is 1.64. The van der Waals surface area contributed by atoms with Crippen LogP contribution < -0.4 is 0 Å². The van der Waals surface area contributed by atoms with Crippen LogP contribution in [0, 0.1) is 7.14 Å². The predicted molar refractivity (Wildman–Crippen MR) is 82.2 cm³/mol. The second kappa shape index (κ2) is 6.19. The second-order valence-electron chi connectivity index (χ2n) is 3.73. The summed E-state index contributed by atoms with van der Waals surface area (Å²) >= 11 is 4.08. The van der Waals surface area contributed by atoms with Gasteiger partial charge in [0.05, 0.1) is 21.8 Å². The third-order valence-electron chi connectivity index (χ3n) is 2.50.